The molecule has 0 atom stereocenters. The van der Waals surface area contributed by atoms with E-state index in [4.69, 9.17) is 0 Å². The van der Waals surface area contributed by atoms with Crippen LogP contribution in [0.15, 0.2) is 24.3 Å². The summed E-state index contributed by atoms with van der Waals surface area (Å²) in [5.74, 6) is -3.65. The highest BCUT2D eigenvalue weighted by atomic mass is 19.1. The number of likely N-dealkylation sites (N-methyl/N-ethyl adjacent to an activating group) is 1. The summed E-state index contributed by atoms with van der Waals surface area (Å²) < 4.78 is 27.3. The number of amides is 1. The van der Waals surface area contributed by atoms with Crippen LogP contribution in [-0.4, -0.2) is 31.8 Å². The van der Waals surface area contributed by atoms with Crippen molar-refractivity contribution in [2.75, 3.05) is 25.0 Å². The number of Topliss-reactive ketones (excluding diaryl/α,β-unsaturated/α-hetero) is 1. The van der Waals surface area contributed by atoms with Crippen molar-refractivity contribution in [1.82, 2.24) is 5.32 Å². The molecule has 0 spiro atoms. The smallest absolute Gasteiger partial charge is 0.299 e. The predicted octanol–water partition coefficient (Wildman–Crippen LogP) is 1.27. The molecule has 1 N–H and O–H groups in total. The Labute approximate surface area is 108 Å². The summed E-state index contributed by atoms with van der Waals surface area (Å²) in [4.78, 5) is 24.4. The molecule has 2 rings (SSSR count). The molecular weight excluding hydrogens is 254 g/mol. The number of hydrogen-bond donors (Lipinski definition) is 1. The molecule has 0 fully saturated rings. The number of anilines is 1. The predicted molar refractivity (Wildman–Crippen MR) is 66.1 cm³/mol. The highest BCUT2D eigenvalue weighted by molar-refractivity contribution is 6.52. The molecule has 0 radical (unpaired) electrons. The fraction of sp³-hybridized carbons (Fsp3) is 0.231. The van der Waals surface area contributed by atoms with E-state index in [1.807, 2.05) is 0 Å². The van der Waals surface area contributed by atoms with Crippen molar-refractivity contribution in [3.8, 4) is 0 Å². The van der Waals surface area contributed by atoms with E-state index in [0.717, 1.165) is 17.0 Å². The second-order valence-electron chi connectivity index (χ2n) is 4.25. The quantitative estimate of drug-likeness (QED) is 0.659. The lowest BCUT2D eigenvalue weighted by Crippen LogP contribution is -2.33. The molecule has 0 aromatic heterocycles. The first-order valence-corrected chi connectivity index (χ1v) is 5.62. The van der Waals surface area contributed by atoms with Crippen LogP contribution < -0.4 is 10.2 Å². The van der Waals surface area contributed by atoms with Gasteiger partial charge in [-0.25, -0.2) is 8.78 Å². The minimum atomic E-state index is -1.02. The molecule has 1 amide bonds. The average molecular weight is 266 g/mol. The van der Waals surface area contributed by atoms with E-state index in [-0.39, 0.29) is 12.2 Å². The maximum atomic E-state index is 13.7. The van der Waals surface area contributed by atoms with Crippen LogP contribution in [0.25, 0.3) is 0 Å². The topological polar surface area (TPSA) is 49.4 Å². The summed E-state index contributed by atoms with van der Waals surface area (Å²) in [6.45, 7) is 4.09. The lowest BCUT2D eigenvalue weighted by molar-refractivity contribution is -0.114. The van der Waals surface area contributed by atoms with Crippen molar-refractivity contribution in [3.63, 3.8) is 0 Å². The molecule has 0 aliphatic carbocycles. The lowest BCUT2D eigenvalue weighted by atomic mass is 10.1. The van der Waals surface area contributed by atoms with Crippen LogP contribution in [-0.2, 0) is 4.79 Å². The number of ketones is 1. The maximum absolute atomic E-state index is 13.7. The minimum Gasteiger partial charge on any atom is -0.316 e. The van der Waals surface area contributed by atoms with Gasteiger partial charge in [-0.1, -0.05) is 6.58 Å². The Hall–Kier alpha value is -2.08. The molecule has 1 aliphatic rings. The number of rotatable bonds is 4. The molecule has 0 saturated heterocycles. The van der Waals surface area contributed by atoms with Gasteiger partial charge in [0.25, 0.3) is 11.7 Å². The number of carbonyl (C=O) groups excluding carboxylic acids is 2. The van der Waals surface area contributed by atoms with Crippen molar-refractivity contribution >= 4 is 17.4 Å². The normalized spacial score (nSPS) is 13.9. The number of fused-ring (bicyclic) bond motifs is 1. The van der Waals surface area contributed by atoms with Crippen LogP contribution in [0.5, 0.6) is 0 Å². The van der Waals surface area contributed by atoms with Gasteiger partial charge in [0.2, 0.25) is 0 Å². The minimum absolute atomic E-state index is 0.0290. The third-order valence-corrected chi connectivity index (χ3v) is 2.82. The molecule has 19 heavy (non-hydrogen) atoms. The zero-order valence-corrected chi connectivity index (χ0v) is 10.3. The van der Waals surface area contributed by atoms with Crippen LogP contribution in [0.3, 0.4) is 0 Å². The molecule has 1 aliphatic heterocycles. The Bertz CT molecular complexity index is 584. The Kier molecular flexibility index (Phi) is 3.44. The van der Waals surface area contributed by atoms with Gasteiger partial charge < -0.3 is 5.32 Å². The largest absolute Gasteiger partial charge is 0.316 e. The van der Waals surface area contributed by atoms with E-state index >= 15 is 0 Å². The molecule has 6 heteroatoms. The third-order valence-electron chi connectivity index (χ3n) is 2.82. The maximum Gasteiger partial charge on any atom is 0.299 e. The van der Waals surface area contributed by atoms with E-state index in [9.17, 15) is 18.4 Å². The van der Waals surface area contributed by atoms with Crippen LogP contribution in [0, 0.1) is 11.6 Å². The van der Waals surface area contributed by atoms with Gasteiger partial charge in [-0.05, 0) is 24.8 Å². The third kappa shape index (κ3) is 2.15. The van der Waals surface area contributed by atoms with Crippen molar-refractivity contribution in [1.29, 1.82) is 0 Å². The van der Waals surface area contributed by atoms with Crippen LogP contribution >= 0.6 is 0 Å². The number of nitrogens with zero attached hydrogens (tertiary/aromatic N) is 1. The number of hydrogen-bond acceptors (Lipinski definition) is 3. The highest BCUT2D eigenvalue weighted by Gasteiger charge is 2.40. The van der Waals surface area contributed by atoms with Crippen molar-refractivity contribution in [2.24, 2.45) is 0 Å². The molecule has 100 valence electrons. The monoisotopic (exact) mass is 266 g/mol. The summed E-state index contributed by atoms with van der Waals surface area (Å²) in [7, 11) is 1.69. The summed E-state index contributed by atoms with van der Waals surface area (Å²) in [6.07, 6.45) is 0. The van der Waals surface area contributed by atoms with Gasteiger partial charge >= 0.3 is 0 Å². The van der Waals surface area contributed by atoms with E-state index in [1.165, 1.54) is 0 Å². The number of nitrogens with one attached hydrogen (secondary N) is 1. The van der Waals surface area contributed by atoms with E-state index in [0.29, 0.717) is 12.1 Å². The molecule has 1 aromatic carbocycles. The summed E-state index contributed by atoms with van der Waals surface area (Å²) in [6, 6.07) is 1.74. The number of carbonyl (C=O) groups is 2. The Balaban J connectivity index is 2.44. The SMILES string of the molecule is C=C(CNC)CN1C(=O)C(=O)c2c(F)ccc(F)c21. The van der Waals surface area contributed by atoms with Crippen LogP contribution in [0.2, 0.25) is 0 Å². The Morgan fingerprint density at radius 2 is 1.95 bits per heavy atom. The van der Waals surface area contributed by atoms with Crippen LogP contribution in [0.1, 0.15) is 10.4 Å². The van der Waals surface area contributed by atoms with Crippen molar-refractivity contribution in [2.45, 2.75) is 0 Å². The van der Waals surface area contributed by atoms with Crippen molar-refractivity contribution < 1.29 is 18.4 Å². The molecule has 0 saturated carbocycles. The first-order chi connectivity index (χ1) is 8.97. The molecule has 1 heterocycles. The second-order valence-corrected chi connectivity index (χ2v) is 4.25. The Morgan fingerprint density at radius 3 is 2.58 bits per heavy atom. The van der Waals surface area contributed by atoms with Gasteiger partial charge in [0, 0.05) is 13.1 Å². The van der Waals surface area contributed by atoms with Crippen molar-refractivity contribution in [3.05, 3.63) is 41.5 Å². The van der Waals surface area contributed by atoms with E-state index < -0.39 is 28.9 Å². The lowest BCUT2D eigenvalue weighted by Gasteiger charge is -2.18. The first kappa shape index (κ1) is 13.4. The molecule has 0 bridgehead atoms. The van der Waals surface area contributed by atoms with E-state index in [1.54, 1.807) is 7.05 Å². The summed E-state index contributed by atoms with van der Waals surface area (Å²) in [5, 5.41) is 2.83. The fourth-order valence-electron chi connectivity index (χ4n) is 2.03. The molecular formula is C13H12F2N2O2. The molecule has 4 nitrogen and oxygen atoms in total. The zero-order chi connectivity index (χ0) is 14.2. The zero-order valence-electron chi connectivity index (χ0n) is 10.3. The van der Waals surface area contributed by atoms with Crippen LogP contribution in [0.4, 0.5) is 14.5 Å². The molecule has 0 unspecified atom stereocenters. The van der Waals surface area contributed by atoms with Gasteiger partial charge in [-0.3, -0.25) is 14.5 Å². The Morgan fingerprint density at radius 1 is 1.32 bits per heavy atom. The van der Waals surface area contributed by atoms with Gasteiger partial charge in [-0.15, -0.1) is 0 Å². The summed E-state index contributed by atoms with van der Waals surface area (Å²) in [5.41, 5.74) is -0.213. The van der Waals surface area contributed by atoms with Gasteiger partial charge in [0.05, 0.1) is 11.3 Å². The highest BCUT2D eigenvalue weighted by Crippen LogP contribution is 2.33. The molecule has 1 aromatic rings. The summed E-state index contributed by atoms with van der Waals surface area (Å²) >= 11 is 0. The van der Waals surface area contributed by atoms with Gasteiger partial charge in [-0.2, -0.15) is 0 Å². The first-order valence-electron chi connectivity index (χ1n) is 5.62. The van der Waals surface area contributed by atoms with Gasteiger partial charge in [0.1, 0.15) is 11.6 Å². The standard InChI is InChI=1S/C13H12F2N2O2/c1-7(5-16-2)6-17-11-9(15)4-3-8(14)10(11)12(18)13(17)19/h3-4,16H,1,5-6H2,2H3. The second kappa shape index (κ2) is 4.89. The van der Waals surface area contributed by atoms with Gasteiger partial charge in [0.15, 0.2) is 0 Å². The number of benzene rings is 1. The van der Waals surface area contributed by atoms with E-state index in [2.05, 4.69) is 11.9 Å². The number of halogens is 2. The fourth-order valence-corrected chi connectivity index (χ4v) is 2.03. The average Bonchev–Trinajstić information content (AvgIpc) is 2.60.